The third-order valence-corrected chi connectivity index (χ3v) is 4.77. The molecule has 8 heteroatoms. The van der Waals surface area contributed by atoms with Crippen molar-refractivity contribution in [2.45, 2.75) is 13.0 Å². The van der Waals surface area contributed by atoms with E-state index in [1.807, 2.05) is 11.9 Å². The minimum Gasteiger partial charge on any atom is -0.496 e. The van der Waals surface area contributed by atoms with Gasteiger partial charge in [0.15, 0.2) is 5.71 Å². The number of carboxylic acids is 1. The maximum Gasteiger partial charge on any atom is 0.358 e. The maximum atomic E-state index is 13.9. The largest absolute Gasteiger partial charge is 0.496 e. The van der Waals surface area contributed by atoms with Gasteiger partial charge in [0.2, 0.25) is 0 Å². The van der Waals surface area contributed by atoms with Crippen LogP contribution in [0.3, 0.4) is 0 Å². The second-order valence-electron chi connectivity index (χ2n) is 6.43. The van der Waals surface area contributed by atoms with Crippen LogP contribution in [0.25, 0.3) is 11.1 Å². The van der Waals surface area contributed by atoms with Gasteiger partial charge in [-0.2, -0.15) is 0 Å². The molecule has 1 aliphatic heterocycles. The Morgan fingerprint density at radius 2 is 2.04 bits per heavy atom. The van der Waals surface area contributed by atoms with Gasteiger partial charge < -0.3 is 25.7 Å². The number of nitrogens with two attached hydrogens (primary N) is 1. The summed E-state index contributed by atoms with van der Waals surface area (Å²) in [4.78, 5) is 13.5. The van der Waals surface area contributed by atoms with Crippen molar-refractivity contribution in [3.8, 4) is 16.9 Å². The number of oxime groups is 1. The van der Waals surface area contributed by atoms with Crippen molar-refractivity contribution in [1.82, 2.24) is 4.90 Å². The molecule has 0 saturated heterocycles. The van der Waals surface area contributed by atoms with E-state index in [1.54, 1.807) is 0 Å². The van der Waals surface area contributed by atoms with Crippen LogP contribution < -0.4 is 10.5 Å². The van der Waals surface area contributed by atoms with Gasteiger partial charge in [-0.25, -0.2) is 9.18 Å². The Labute approximate surface area is 155 Å². The Morgan fingerprint density at radius 3 is 2.67 bits per heavy atom. The summed E-state index contributed by atoms with van der Waals surface area (Å²) < 4.78 is 19.3. The number of aliphatic carboxylic acids is 1. The number of nitrogen functional groups attached to an aromatic ring is 1. The Bertz CT molecular complexity index is 943. The van der Waals surface area contributed by atoms with Crippen LogP contribution in [0.4, 0.5) is 10.1 Å². The van der Waals surface area contributed by atoms with Gasteiger partial charge in [-0.3, -0.25) is 0 Å². The Kier molecular flexibility index (Phi) is 5.00. The lowest BCUT2D eigenvalue weighted by Gasteiger charge is -2.29. The Balaban J connectivity index is 2.36. The van der Waals surface area contributed by atoms with Gasteiger partial charge in [-0.05, 0) is 54.4 Å². The zero-order chi connectivity index (χ0) is 19.7. The monoisotopic (exact) mass is 373 g/mol. The molecule has 0 aliphatic carbocycles. The second kappa shape index (κ2) is 7.24. The van der Waals surface area contributed by atoms with Crippen LogP contribution in [0.1, 0.15) is 16.7 Å². The quantitative estimate of drug-likeness (QED) is 0.329. The van der Waals surface area contributed by atoms with E-state index in [9.17, 15) is 19.5 Å². The first kappa shape index (κ1) is 18.7. The number of anilines is 1. The summed E-state index contributed by atoms with van der Waals surface area (Å²) in [6.07, 6.45) is 0.657. The highest BCUT2D eigenvalue weighted by Crippen LogP contribution is 2.40. The molecule has 3 rings (SSSR count). The number of fused-ring (bicyclic) bond motifs is 1. The van der Waals surface area contributed by atoms with E-state index in [4.69, 9.17) is 10.5 Å². The van der Waals surface area contributed by atoms with Gasteiger partial charge in [-0.1, -0.05) is 5.16 Å². The lowest BCUT2D eigenvalue weighted by molar-refractivity contribution is -0.129. The van der Waals surface area contributed by atoms with E-state index in [-0.39, 0.29) is 11.3 Å². The van der Waals surface area contributed by atoms with Crippen molar-refractivity contribution in [2.24, 2.45) is 5.16 Å². The van der Waals surface area contributed by atoms with Crippen LogP contribution in [-0.2, 0) is 17.8 Å². The summed E-state index contributed by atoms with van der Waals surface area (Å²) in [5.41, 5.74) is 8.74. The number of likely N-dealkylation sites (N-methyl/N-ethyl adjacent to an activating group) is 1. The standard InChI is InChI=1S/C19H20FN3O4/c1-23-6-5-11-12(13-7-10(20)3-4-16(13)27-2)8-14(17(21)15(11)9-23)18(22-26)19(24)25/h3-4,7-8,26H,5-6,9,21H2,1-2H3,(H,24,25)/b22-18-. The Morgan fingerprint density at radius 1 is 1.30 bits per heavy atom. The topological polar surface area (TPSA) is 108 Å². The highest BCUT2D eigenvalue weighted by Gasteiger charge is 2.27. The predicted molar refractivity (Wildman–Crippen MR) is 98.8 cm³/mol. The fourth-order valence-electron chi connectivity index (χ4n) is 3.45. The summed E-state index contributed by atoms with van der Waals surface area (Å²) in [5.74, 6) is -1.41. The zero-order valence-electron chi connectivity index (χ0n) is 15.0. The molecule has 0 aromatic heterocycles. The number of nitrogens with zero attached hydrogens (tertiary/aromatic N) is 2. The fourth-order valence-corrected chi connectivity index (χ4v) is 3.45. The zero-order valence-corrected chi connectivity index (χ0v) is 15.0. The molecule has 1 heterocycles. The van der Waals surface area contributed by atoms with Crippen LogP contribution in [-0.4, -0.2) is 47.6 Å². The van der Waals surface area contributed by atoms with Gasteiger partial charge in [0.05, 0.1) is 7.11 Å². The number of carboxylic acid groups (broad SMARTS) is 1. The van der Waals surface area contributed by atoms with Gasteiger partial charge in [0.25, 0.3) is 0 Å². The predicted octanol–water partition coefficient (Wildman–Crippen LogP) is 2.33. The molecule has 1 aliphatic rings. The molecular formula is C19H20FN3O4. The fraction of sp³-hybridized carbons (Fsp3) is 0.263. The molecule has 7 nitrogen and oxygen atoms in total. The van der Waals surface area contributed by atoms with E-state index < -0.39 is 17.5 Å². The van der Waals surface area contributed by atoms with Crippen molar-refractivity contribution < 1.29 is 24.2 Å². The summed E-state index contributed by atoms with van der Waals surface area (Å²) in [7, 11) is 3.41. The smallest absolute Gasteiger partial charge is 0.358 e. The maximum absolute atomic E-state index is 13.9. The number of hydrogen-bond donors (Lipinski definition) is 3. The highest BCUT2D eigenvalue weighted by atomic mass is 19.1. The summed E-state index contributed by atoms with van der Waals surface area (Å²) in [6.45, 7) is 1.27. The van der Waals surface area contributed by atoms with Gasteiger partial charge in [0, 0.05) is 29.9 Å². The summed E-state index contributed by atoms with van der Waals surface area (Å²) in [6, 6.07) is 5.67. The molecule has 2 aromatic carbocycles. The van der Waals surface area contributed by atoms with Crippen LogP contribution in [0, 0.1) is 5.82 Å². The lowest BCUT2D eigenvalue weighted by Crippen LogP contribution is -2.29. The highest BCUT2D eigenvalue weighted by molar-refractivity contribution is 6.43. The number of methoxy groups -OCH3 is 1. The second-order valence-corrected chi connectivity index (χ2v) is 6.43. The molecule has 4 N–H and O–H groups in total. The van der Waals surface area contributed by atoms with Crippen molar-refractivity contribution in [2.75, 3.05) is 26.4 Å². The van der Waals surface area contributed by atoms with E-state index >= 15 is 0 Å². The first-order valence-corrected chi connectivity index (χ1v) is 8.29. The number of ether oxygens (including phenoxy) is 1. The lowest BCUT2D eigenvalue weighted by atomic mass is 9.86. The molecule has 0 amide bonds. The molecule has 0 bridgehead atoms. The molecule has 0 fully saturated rings. The van der Waals surface area contributed by atoms with E-state index in [0.717, 1.165) is 17.7 Å². The number of halogens is 1. The molecule has 142 valence electrons. The minimum atomic E-state index is -1.41. The van der Waals surface area contributed by atoms with Gasteiger partial charge in [-0.15, -0.1) is 0 Å². The van der Waals surface area contributed by atoms with Crippen molar-refractivity contribution in [1.29, 1.82) is 0 Å². The van der Waals surface area contributed by atoms with Crippen molar-refractivity contribution >= 4 is 17.4 Å². The SMILES string of the molecule is COc1ccc(F)cc1-c1cc(/C(=N/O)C(=O)O)c(N)c2c1CCN(C)C2. The first-order chi connectivity index (χ1) is 12.9. The molecule has 0 unspecified atom stereocenters. The average molecular weight is 373 g/mol. The molecule has 0 radical (unpaired) electrons. The molecule has 0 saturated carbocycles. The van der Waals surface area contributed by atoms with Gasteiger partial charge >= 0.3 is 5.97 Å². The van der Waals surface area contributed by atoms with E-state index in [0.29, 0.717) is 29.8 Å². The molecule has 0 spiro atoms. The molecule has 27 heavy (non-hydrogen) atoms. The number of hydrogen-bond acceptors (Lipinski definition) is 6. The number of benzene rings is 2. The summed E-state index contributed by atoms with van der Waals surface area (Å²) in [5, 5.41) is 21.5. The molecule has 2 aromatic rings. The third-order valence-electron chi connectivity index (χ3n) is 4.77. The number of carbonyl (C=O) groups is 1. The summed E-state index contributed by atoms with van der Waals surface area (Å²) >= 11 is 0. The van der Waals surface area contributed by atoms with Crippen LogP contribution in [0.2, 0.25) is 0 Å². The number of rotatable bonds is 4. The minimum absolute atomic E-state index is 0.0837. The molecular weight excluding hydrogens is 353 g/mol. The van der Waals surface area contributed by atoms with Crippen molar-refractivity contribution in [3.63, 3.8) is 0 Å². The average Bonchev–Trinajstić information content (AvgIpc) is 2.64. The van der Waals surface area contributed by atoms with Crippen LogP contribution in [0.15, 0.2) is 29.4 Å². The van der Waals surface area contributed by atoms with E-state index in [1.165, 1.54) is 31.4 Å². The van der Waals surface area contributed by atoms with Gasteiger partial charge in [0.1, 0.15) is 11.6 Å². The third kappa shape index (κ3) is 3.31. The van der Waals surface area contributed by atoms with Crippen molar-refractivity contribution in [3.05, 3.63) is 46.8 Å². The molecule has 0 atom stereocenters. The van der Waals surface area contributed by atoms with E-state index in [2.05, 4.69) is 5.16 Å². The van der Waals surface area contributed by atoms with Crippen LogP contribution in [0.5, 0.6) is 5.75 Å². The normalized spacial score (nSPS) is 14.7. The Hall–Kier alpha value is -3.13. The van der Waals surface area contributed by atoms with Crippen LogP contribution >= 0.6 is 0 Å². The first-order valence-electron chi connectivity index (χ1n) is 8.29.